The molecule has 2 saturated heterocycles. The third-order valence-electron chi connectivity index (χ3n) is 8.19. The van der Waals surface area contributed by atoms with Crippen LogP contribution in [0.4, 0.5) is 9.93 Å². The fourth-order valence-corrected chi connectivity index (χ4v) is 8.41. The summed E-state index contributed by atoms with van der Waals surface area (Å²) in [5.74, 6) is -0.0880. The van der Waals surface area contributed by atoms with Crippen molar-refractivity contribution in [2.75, 3.05) is 58.8 Å². The van der Waals surface area contributed by atoms with E-state index in [4.69, 9.17) is 14.2 Å². The van der Waals surface area contributed by atoms with Gasteiger partial charge in [-0.2, -0.15) is 4.31 Å². The van der Waals surface area contributed by atoms with Gasteiger partial charge >= 0.3 is 6.09 Å². The number of amides is 1. The van der Waals surface area contributed by atoms with Gasteiger partial charge < -0.3 is 39.8 Å². The lowest BCUT2D eigenvalue weighted by atomic mass is 10.0. The summed E-state index contributed by atoms with van der Waals surface area (Å²) in [5.41, 5.74) is 1.50. The molecule has 0 spiro atoms. The maximum atomic E-state index is 14.1. The first-order valence-electron chi connectivity index (χ1n) is 15.9. The summed E-state index contributed by atoms with van der Waals surface area (Å²) in [6.07, 6.45) is -1.83. The number of nitrogens with one attached hydrogen (secondary N) is 2. The molecule has 2 aliphatic rings. The molecule has 2 aromatic carbocycles. The first-order chi connectivity index (χ1) is 22.3. The van der Waals surface area contributed by atoms with E-state index in [1.165, 1.54) is 21.7 Å². The Morgan fingerprint density at radius 3 is 2.68 bits per heavy atom. The molecule has 3 N–H and O–H groups in total. The van der Waals surface area contributed by atoms with E-state index in [1.807, 2.05) is 44.2 Å². The predicted molar refractivity (Wildman–Crippen MR) is 179 cm³/mol. The number of carbonyl (C=O) groups excluding carboxylic acids is 1. The maximum Gasteiger partial charge on any atom is 0.407 e. The number of aromatic nitrogens is 1. The molecular formula is C32H45N5O8S2. The number of alkyl carbamates (subject to hydrolysis) is 1. The zero-order valence-corrected chi connectivity index (χ0v) is 28.8. The standard InChI is InChI=1S/C32H45N5O8S2/c1-21(2)18-36(47(41,42)23-10-11-25-29(17-23)46-31(34-25)33-13-14-37(3,4)40)19-27(38)26(16-22-8-6-5-7-9-22)35-32(39)45-28-20-44-30-24(28)12-15-43-30/h5-11,17,21,24,26-28,30,38H,12-16,18-20H2,1-4H3,(H,33,34)(H,35,39)/t24-,26-,27+,28-,30+/m0/s1. The van der Waals surface area contributed by atoms with Gasteiger partial charge in [-0.3, -0.25) is 0 Å². The molecule has 13 nitrogen and oxygen atoms in total. The number of anilines is 1. The molecule has 3 heterocycles. The Hall–Kier alpha value is -2.89. The molecule has 0 unspecified atom stereocenters. The minimum absolute atomic E-state index is 0.0435. The molecule has 0 saturated carbocycles. The highest BCUT2D eigenvalue weighted by Crippen LogP contribution is 2.33. The number of quaternary nitrogens is 1. The molecule has 258 valence electrons. The van der Waals surface area contributed by atoms with Crippen molar-refractivity contribution in [3.05, 3.63) is 59.3 Å². The van der Waals surface area contributed by atoms with Gasteiger partial charge in [0.15, 0.2) is 11.4 Å². The fraction of sp³-hybridized carbons (Fsp3) is 0.562. The van der Waals surface area contributed by atoms with Crippen molar-refractivity contribution in [1.29, 1.82) is 0 Å². The number of rotatable bonds is 15. The second kappa shape index (κ2) is 15.1. The highest BCUT2D eigenvalue weighted by Gasteiger charge is 2.44. The van der Waals surface area contributed by atoms with Gasteiger partial charge in [0.05, 0.1) is 73.6 Å². The molecule has 5 atom stereocenters. The van der Waals surface area contributed by atoms with Crippen molar-refractivity contribution in [2.24, 2.45) is 11.8 Å². The third-order valence-corrected chi connectivity index (χ3v) is 11.0. The summed E-state index contributed by atoms with van der Waals surface area (Å²) in [6, 6.07) is 13.3. The van der Waals surface area contributed by atoms with Crippen LogP contribution in [0.25, 0.3) is 10.2 Å². The smallest absolute Gasteiger partial charge is 0.407 e. The second-order valence-electron chi connectivity index (χ2n) is 13.1. The highest BCUT2D eigenvalue weighted by atomic mass is 32.2. The number of nitrogens with zero attached hydrogens (tertiary/aromatic N) is 3. The van der Waals surface area contributed by atoms with Crippen molar-refractivity contribution in [1.82, 2.24) is 14.6 Å². The van der Waals surface area contributed by atoms with E-state index in [9.17, 15) is 23.5 Å². The first-order valence-corrected chi connectivity index (χ1v) is 18.1. The lowest BCUT2D eigenvalue weighted by Gasteiger charge is -2.33. The van der Waals surface area contributed by atoms with Crippen LogP contribution in [0.1, 0.15) is 25.8 Å². The van der Waals surface area contributed by atoms with Crippen LogP contribution in [0.3, 0.4) is 0 Å². The van der Waals surface area contributed by atoms with Crippen LogP contribution in [0.2, 0.25) is 0 Å². The highest BCUT2D eigenvalue weighted by molar-refractivity contribution is 7.89. The molecule has 0 radical (unpaired) electrons. The van der Waals surface area contributed by atoms with Crippen LogP contribution >= 0.6 is 11.3 Å². The van der Waals surface area contributed by atoms with E-state index < -0.39 is 39.0 Å². The predicted octanol–water partition coefficient (Wildman–Crippen LogP) is 3.39. The topological polar surface area (TPSA) is 162 Å². The Balaban J connectivity index is 1.32. The number of aliphatic hydroxyl groups is 1. The van der Waals surface area contributed by atoms with Crippen molar-refractivity contribution in [2.45, 2.75) is 56.1 Å². The molecule has 5 rings (SSSR count). The van der Waals surface area contributed by atoms with Gasteiger partial charge in [0.2, 0.25) is 10.0 Å². The Morgan fingerprint density at radius 1 is 1.19 bits per heavy atom. The second-order valence-corrected chi connectivity index (χ2v) is 16.0. The molecule has 2 aliphatic heterocycles. The van der Waals surface area contributed by atoms with Crippen LogP contribution in [0.5, 0.6) is 0 Å². The van der Waals surface area contributed by atoms with E-state index in [1.54, 1.807) is 26.2 Å². The number of carbonyl (C=O) groups is 1. The molecule has 1 amide bonds. The molecular weight excluding hydrogens is 647 g/mol. The van der Waals surface area contributed by atoms with Crippen LogP contribution in [-0.4, -0.2) is 112 Å². The Labute approximate surface area is 280 Å². The van der Waals surface area contributed by atoms with Crippen LogP contribution in [0.15, 0.2) is 53.4 Å². The zero-order chi connectivity index (χ0) is 33.8. The van der Waals surface area contributed by atoms with Gasteiger partial charge in [-0.15, -0.1) is 0 Å². The molecule has 47 heavy (non-hydrogen) atoms. The minimum Gasteiger partial charge on any atom is -0.633 e. The fourth-order valence-electron chi connectivity index (χ4n) is 5.76. The van der Waals surface area contributed by atoms with Crippen molar-refractivity contribution < 1.29 is 37.2 Å². The van der Waals surface area contributed by atoms with Crippen LogP contribution in [-0.2, 0) is 30.7 Å². The van der Waals surface area contributed by atoms with Crippen molar-refractivity contribution in [3.63, 3.8) is 0 Å². The summed E-state index contributed by atoms with van der Waals surface area (Å²) in [4.78, 5) is 17.7. The summed E-state index contributed by atoms with van der Waals surface area (Å²) in [7, 11) is -0.932. The van der Waals surface area contributed by atoms with Gasteiger partial charge in [-0.05, 0) is 42.5 Å². The lowest BCUT2D eigenvalue weighted by Crippen LogP contribution is -2.51. The van der Waals surface area contributed by atoms with Gasteiger partial charge in [0.1, 0.15) is 6.10 Å². The Bertz CT molecular complexity index is 1600. The summed E-state index contributed by atoms with van der Waals surface area (Å²) < 4.78 is 46.5. The molecule has 15 heteroatoms. The quantitative estimate of drug-likeness (QED) is 0.159. The van der Waals surface area contributed by atoms with Crippen LogP contribution < -0.4 is 10.6 Å². The van der Waals surface area contributed by atoms with E-state index in [2.05, 4.69) is 15.6 Å². The van der Waals surface area contributed by atoms with E-state index >= 15 is 0 Å². The number of benzene rings is 2. The van der Waals surface area contributed by atoms with Crippen LogP contribution in [0, 0.1) is 17.0 Å². The van der Waals surface area contributed by atoms with Crippen molar-refractivity contribution >= 4 is 42.8 Å². The minimum atomic E-state index is -4.06. The average molecular weight is 692 g/mol. The normalized spacial score (nSPS) is 21.2. The number of aliphatic hydroxyl groups excluding tert-OH is 1. The molecule has 2 fully saturated rings. The number of hydroxylamine groups is 3. The Kier molecular flexibility index (Phi) is 11.4. The SMILES string of the molecule is CC(C)CN(C[C@@H](O)[C@H](Cc1ccccc1)NC(=O)O[C@H]1CO[C@H]2OCC[C@H]21)S(=O)(=O)c1ccc2nc(NCC[N+](C)(C)[O-])sc2c1. The van der Waals surface area contributed by atoms with Gasteiger partial charge in [-0.1, -0.05) is 55.5 Å². The largest absolute Gasteiger partial charge is 0.633 e. The Morgan fingerprint density at radius 2 is 1.96 bits per heavy atom. The van der Waals surface area contributed by atoms with Gasteiger partial charge in [0.25, 0.3) is 0 Å². The van der Waals surface area contributed by atoms with E-state index in [0.717, 1.165) is 12.0 Å². The number of thiazole rings is 1. The van der Waals surface area contributed by atoms with Crippen molar-refractivity contribution in [3.8, 4) is 0 Å². The lowest BCUT2D eigenvalue weighted by molar-refractivity contribution is -0.838. The summed E-state index contributed by atoms with van der Waals surface area (Å²) >= 11 is 1.31. The monoisotopic (exact) mass is 691 g/mol. The molecule has 1 aromatic heterocycles. The zero-order valence-electron chi connectivity index (χ0n) is 27.2. The summed E-state index contributed by atoms with van der Waals surface area (Å²) in [5, 5.41) is 30.0. The molecule has 0 aliphatic carbocycles. The molecule has 0 bridgehead atoms. The van der Waals surface area contributed by atoms with E-state index in [-0.39, 0.29) is 49.1 Å². The van der Waals surface area contributed by atoms with Gasteiger partial charge in [0, 0.05) is 13.1 Å². The first kappa shape index (κ1) is 35.4. The number of hydrogen-bond acceptors (Lipinski definition) is 11. The number of ether oxygens (including phenoxy) is 3. The van der Waals surface area contributed by atoms with E-state index in [0.29, 0.717) is 35.0 Å². The van der Waals surface area contributed by atoms with Gasteiger partial charge in [-0.25, -0.2) is 18.2 Å². The number of fused-ring (bicyclic) bond motifs is 2. The summed E-state index contributed by atoms with van der Waals surface area (Å²) in [6.45, 7) is 5.27. The average Bonchev–Trinajstić information content (AvgIpc) is 3.73. The number of likely N-dealkylation sites (N-methyl/N-ethyl adjacent to an activating group) is 1. The third kappa shape index (κ3) is 9.38. The number of sulfonamides is 1. The maximum absolute atomic E-state index is 14.1. The number of hydrogen-bond donors (Lipinski definition) is 3. The molecule has 3 aromatic rings.